The number of para-hydroxylation sites is 1. The SMILES string of the molecule is C[C@@H](c1nc2ccccc2s1)N(C)C(=O)N[C@@H]1CCSc2c(F)cccc21. The van der Waals surface area contributed by atoms with Crippen LogP contribution in [0.3, 0.4) is 0 Å². The van der Waals surface area contributed by atoms with Crippen LogP contribution >= 0.6 is 23.1 Å². The first-order valence-electron chi connectivity index (χ1n) is 8.84. The smallest absolute Gasteiger partial charge is 0.318 e. The van der Waals surface area contributed by atoms with Crippen LogP contribution < -0.4 is 5.32 Å². The Labute approximate surface area is 165 Å². The molecule has 7 heteroatoms. The van der Waals surface area contributed by atoms with E-state index in [2.05, 4.69) is 10.3 Å². The van der Waals surface area contributed by atoms with Crippen molar-refractivity contribution in [1.29, 1.82) is 0 Å². The summed E-state index contributed by atoms with van der Waals surface area (Å²) in [6.07, 6.45) is 0.788. The molecule has 4 nitrogen and oxygen atoms in total. The molecule has 1 aliphatic heterocycles. The summed E-state index contributed by atoms with van der Waals surface area (Å²) in [6.45, 7) is 1.97. The van der Waals surface area contributed by atoms with Gasteiger partial charge in [-0.15, -0.1) is 23.1 Å². The zero-order chi connectivity index (χ0) is 19.0. The number of benzene rings is 2. The molecule has 1 aromatic heterocycles. The Kier molecular flexibility index (Phi) is 5.06. The molecule has 2 heterocycles. The molecule has 1 N–H and O–H groups in total. The number of carbonyl (C=O) groups excluding carboxylic acids is 1. The number of hydrogen-bond acceptors (Lipinski definition) is 4. The zero-order valence-electron chi connectivity index (χ0n) is 15.1. The number of amides is 2. The Hall–Kier alpha value is -2.12. The lowest BCUT2D eigenvalue weighted by molar-refractivity contribution is 0.189. The van der Waals surface area contributed by atoms with Gasteiger partial charge in [0.15, 0.2) is 0 Å². The fourth-order valence-corrected chi connectivity index (χ4v) is 5.40. The normalized spacial score (nSPS) is 17.4. The molecule has 27 heavy (non-hydrogen) atoms. The Bertz CT molecular complexity index is 957. The van der Waals surface area contributed by atoms with Crippen molar-refractivity contribution in [3.63, 3.8) is 0 Å². The van der Waals surface area contributed by atoms with Crippen LogP contribution in [0.15, 0.2) is 47.4 Å². The Morgan fingerprint density at radius 1 is 1.30 bits per heavy atom. The van der Waals surface area contributed by atoms with Crippen LogP contribution in [-0.4, -0.2) is 28.7 Å². The number of aromatic nitrogens is 1. The lowest BCUT2D eigenvalue weighted by atomic mass is 10.0. The zero-order valence-corrected chi connectivity index (χ0v) is 16.7. The van der Waals surface area contributed by atoms with E-state index < -0.39 is 0 Å². The second-order valence-electron chi connectivity index (χ2n) is 6.60. The molecule has 0 bridgehead atoms. The van der Waals surface area contributed by atoms with E-state index in [0.717, 1.165) is 33.0 Å². The van der Waals surface area contributed by atoms with Gasteiger partial charge in [-0.1, -0.05) is 24.3 Å². The first-order valence-corrected chi connectivity index (χ1v) is 10.6. The third-order valence-electron chi connectivity index (χ3n) is 4.89. The maximum absolute atomic E-state index is 14.0. The molecule has 2 amide bonds. The highest BCUT2D eigenvalue weighted by molar-refractivity contribution is 7.99. The Morgan fingerprint density at radius 2 is 2.11 bits per heavy atom. The number of rotatable bonds is 3. The number of hydrogen-bond donors (Lipinski definition) is 1. The minimum atomic E-state index is -0.215. The first-order chi connectivity index (χ1) is 13.0. The number of fused-ring (bicyclic) bond motifs is 2. The van der Waals surface area contributed by atoms with Crippen LogP contribution in [0.1, 0.15) is 36.0 Å². The van der Waals surface area contributed by atoms with Gasteiger partial charge in [-0.05, 0) is 37.1 Å². The van der Waals surface area contributed by atoms with Crippen molar-refractivity contribution in [2.24, 2.45) is 0 Å². The van der Waals surface area contributed by atoms with Gasteiger partial charge in [0.05, 0.1) is 22.3 Å². The molecule has 3 aromatic rings. The first kappa shape index (κ1) is 18.3. The Morgan fingerprint density at radius 3 is 2.93 bits per heavy atom. The molecule has 0 radical (unpaired) electrons. The standard InChI is InChI=1S/C20H20FN3OS2/c1-12(19-22-16-8-3-4-9-17(16)27-19)24(2)20(25)23-15-10-11-26-18-13(15)6-5-7-14(18)21/h3-9,12,15H,10-11H2,1-2H3,(H,23,25)/t12-,15+/m0/s1. The van der Waals surface area contributed by atoms with Gasteiger partial charge in [0.1, 0.15) is 10.8 Å². The van der Waals surface area contributed by atoms with Gasteiger partial charge in [0.2, 0.25) is 0 Å². The van der Waals surface area contributed by atoms with Crippen molar-refractivity contribution in [1.82, 2.24) is 15.2 Å². The molecule has 0 unspecified atom stereocenters. The van der Waals surface area contributed by atoms with Crippen molar-refractivity contribution in [3.05, 3.63) is 58.9 Å². The number of carbonyl (C=O) groups is 1. The Balaban J connectivity index is 1.51. The van der Waals surface area contributed by atoms with Crippen LogP contribution in [0.2, 0.25) is 0 Å². The number of thiazole rings is 1. The molecule has 140 valence electrons. The third-order valence-corrected chi connectivity index (χ3v) is 7.26. The lowest BCUT2D eigenvalue weighted by Crippen LogP contribution is -2.41. The molecule has 0 spiro atoms. The number of urea groups is 1. The molecule has 4 rings (SSSR count). The van der Waals surface area contributed by atoms with E-state index >= 15 is 0 Å². The highest BCUT2D eigenvalue weighted by Gasteiger charge is 2.27. The van der Waals surface area contributed by atoms with E-state index in [-0.39, 0.29) is 23.9 Å². The summed E-state index contributed by atoms with van der Waals surface area (Å²) >= 11 is 3.11. The average Bonchev–Trinajstić information content (AvgIpc) is 3.12. The second-order valence-corrected chi connectivity index (χ2v) is 8.77. The van der Waals surface area contributed by atoms with Gasteiger partial charge in [-0.25, -0.2) is 14.2 Å². The maximum atomic E-state index is 14.0. The molecule has 0 saturated carbocycles. The van der Waals surface area contributed by atoms with Crippen LogP contribution in [-0.2, 0) is 0 Å². The fourth-order valence-electron chi connectivity index (χ4n) is 3.20. The monoisotopic (exact) mass is 401 g/mol. The molecular weight excluding hydrogens is 381 g/mol. The lowest BCUT2D eigenvalue weighted by Gasteiger charge is -2.30. The van der Waals surface area contributed by atoms with Crippen LogP contribution in [0.4, 0.5) is 9.18 Å². The summed E-state index contributed by atoms with van der Waals surface area (Å²) in [6, 6.07) is 12.5. The molecular formula is C20H20FN3OS2. The summed E-state index contributed by atoms with van der Waals surface area (Å²) in [4.78, 5) is 19.8. The van der Waals surface area contributed by atoms with E-state index in [4.69, 9.17) is 0 Å². The second kappa shape index (κ2) is 7.48. The fraction of sp³-hybridized carbons (Fsp3) is 0.300. The van der Waals surface area contributed by atoms with E-state index in [9.17, 15) is 9.18 Å². The topological polar surface area (TPSA) is 45.2 Å². The maximum Gasteiger partial charge on any atom is 0.318 e. The minimum Gasteiger partial charge on any atom is -0.331 e. The highest BCUT2D eigenvalue weighted by Crippen LogP contribution is 2.38. The van der Waals surface area contributed by atoms with Crippen molar-refractivity contribution in [3.8, 4) is 0 Å². The highest BCUT2D eigenvalue weighted by atomic mass is 32.2. The van der Waals surface area contributed by atoms with Crippen molar-refractivity contribution < 1.29 is 9.18 Å². The van der Waals surface area contributed by atoms with Crippen molar-refractivity contribution in [2.75, 3.05) is 12.8 Å². The van der Waals surface area contributed by atoms with E-state index in [1.54, 1.807) is 29.4 Å². The largest absolute Gasteiger partial charge is 0.331 e. The van der Waals surface area contributed by atoms with E-state index in [0.29, 0.717) is 4.90 Å². The molecule has 0 aliphatic carbocycles. The van der Waals surface area contributed by atoms with Crippen LogP contribution in [0.5, 0.6) is 0 Å². The number of thioether (sulfide) groups is 1. The van der Waals surface area contributed by atoms with Crippen molar-refractivity contribution in [2.45, 2.75) is 30.3 Å². The van der Waals surface area contributed by atoms with E-state index in [1.807, 2.05) is 37.3 Å². The molecule has 2 atom stereocenters. The van der Waals surface area contributed by atoms with Crippen molar-refractivity contribution >= 4 is 39.3 Å². The summed E-state index contributed by atoms with van der Waals surface area (Å²) in [7, 11) is 1.77. The summed E-state index contributed by atoms with van der Waals surface area (Å²) in [5.41, 5.74) is 1.81. The number of halogens is 1. The van der Waals surface area contributed by atoms with Gasteiger partial charge in [0, 0.05) is 17.7 Å². The molecule has 2 aromatic carbocycles. The molecule has 0 saturated heterocycles. The van der Waals surface area contributed by atoms with Gasteiger partial charge in [0.25, 0.3) is 0 Å². The molecule has 1 aliphatic rings. The van der Waals surface area contributed by atoms with Gasteiger partial charge < -0.3 is 10.2 Å². The van der Waals surface area contributed by atoms with Crippen LogP contribution in [0.25, 0.3) is 10.2 Å². The van der Waals surface area contributed by atoms with E-state index in [1.165, 1.54) is 17.8 Å². The summed E-state index contributed by atoms with van der Waals surface area (Å²) in [5.74, 6) is 0.573. The van der Waals surface area contributed by atoms with Gasteiger partial charge >= 0.3 is 6.03 Å². The predicted octanol–water partition coefficient (Wildman–Crippen LogP) is 5.37. The van der Waals surface area contributed by atoms with Crippen LogP contribution in [0, 0.1) is 5.82 Å². The summed E-state index contributed by atoms with van der Waals surface area (Å²) < 4.78 is 15.2. The quantitative estimate of drug-likeness (QED) is 0.641. The van der Waals surface area contributed by atoms with Gasteiger partial charge in [-0.2, -0.15) is 0 Å². The predicted molar refractivity (Wildman–Crippen MR) is 109 cm³/mol. The minimum absolute atomic E-state index is 0.146. The van der Waals surface area contributed by atoms with Gasteiger partial charge in [-0.3, -0.25) is 0 Å². The molecule has 0 fully saturated rings. The number of nitrogens with one attached hydrogen (secondary N) is 1. The summed E-state index contributed by atoms with van der Waals surface area (Å²) in [5, 5.41) is 3.97. The number of nitrogens with zero attached hydrogens (tertiary/aromatic N) is 2. The third kappa shape index (κ3) is 3.53. The average molecular weight is 402 g/mol.